The molecule has 0 spiro atoms. The number of rotatable bonds is 3. The second-order valence-corrected chi connectivity index (χ2v) is 6.88. The molecule has 2 aliphatic heterocycles. The van der Waals surface area contributed by atoms with Gasteiger partial charge in [-0.25, -0.2) is 0 Å². The minimum absolute atomic E-state index is 0.459. The van der Waals surface area contributed by atoms with Crippen LogP contribution in [-0.2, 0) is 0 Å². The lowest BCUT2D eigenvalue weighted by Crippen LogP contribution is -2.46. The molecule has 0 aromatic heterocycles. The zero-order valence-electron chi connectivity index (χ0n) is 10.8. The fourth-order valence-electron chi connectivity index (χ4n) is 3.46. The van der Waals surface area contributed by atoms with E-state index in [9.17, 15) is 0 Å². The molecule has 2 heterocycles. The molecule has 4 atom stereocenters. The van der Waals surface area contributed by atoms with E-state index in [1.807, 2.05) is 0 Å². The Labute approximate surface area is 123 Å². The Morgan fingerprint density at radius 3 is 2.56 bits per heavy atom. The first-order valence-electron chi connectivity index (χ1n) is 6.99. The maximum Gasteiger partial charge on any atom is 0.0304 e. The van der Waals surface area contributed by atoms with Crippen molar-refractivity contribution >= 4 is 22.6 Å². The fraction of sp³-hybridized carbons (Fsp3) is 0.600. The normalized spacial score (nSPS) is 32.4. The van der Waals surface area contributed by atoms with Gasteiger partial charge < -0.3 is 10.6 Å². The zero-order valence-corrected chi connectivity index (χ0v) is 13.0. The molecular weight excluding hydrogens is 335 g/mol. The smallest absolute Gasteiger partial charge is 0.0304 e. The van der Waals surface area contributed by atoms with E-state index in [2.05, 4.69) is 64.4 Å². The Balaban J connectivity index is 1.64. The van der Waals surface area contributed by atoms with Crippen molar-refractivity contribution in [3.05, 3.63) is 33.4 Å². The summed E-state index contributed by atoms with van der Waals surface area (Å²) in [5.74, 6) is 0. The van der Waals surface area contributed by atoms with Crippen LogP contribution in [0.1, 0.15) is 44.2 Å². The summed E-state index contributed by atoms with van der Waals surface area (Å²) in [5.41, 5.74) is 1.43. The molecule has 18 heavy (non-hydrogen) atoms. The van der Waals surface area contributed by atoms with Crippen molar-refractivity contribution in [1.82, 2.24) is 10.6 Å². The molecule has 3 heteroatoms. The minimum Gasteiger partial charge on any atom is -0.311 e. The van der Waals surface area contributed by atoms with Gasteiger partial charge in [-0.05, 0) is 66.8 Å². The summed E-state index contributed by atoms with van der Waals surface area (Å²) >= 11 is 2.44. The predicted octanol–water partition coefficient (Wildman–Crippen LogP) is 3.22. The molecule has 1 aromatic carbocycles. The average Bonchev–Trinajstić information content (AvgIpc) is 2.69. The molecule has 3 rings (SSSR count). The van der Waals surface area contributed by atoms with Crippen LogP contribution < -0.4 is 10.6 Å². The van der Waals surface area contributed by atoms with E-state index < -0.39 is 0 Å². The van der Waals surface area contributed by atoms with Gasteiger partial charge in [0.05, 0.1) is 0 Å². The molecule has 0 saturated carbocycles. The van der Waals surface area contributed by atoms with Crippen molar-refractivity contribution in [3.63, 3.8) is 0 Å². The third-order valence-electron chi connectivity index (χ3n) is 4.33. The fourth-order valence-corrected chi connectivity index (χ4v) is 4.32. The van der Waals surface area contributed by atoms with Gasteiger partial charge in [-0.2, -0.15) is 0 Å². The molecular formula is C15H21IN2. The summed E-state index contributed by atoms with van der Waals surface area (Å²) in [7, 11) is 0. The minimum atomic E-state index is 0.459. The summed E-state index contributed by atoms with van der Waals surface area (Å²) in [6, 6.07) is 11.4. The maximum absolute atomic E-state index is 3.83. The first-order chi connectivity index (χ1) is 8.72. The van der Waals surface area contributed by atoms with Crippen molar-refractivity contribution in [2.75, 3.05) is 0 Å². The van der Waals surface area contributed by atoms with Gasteiger partial charge in [0, 0.05) is 27.7 Å². The number of fused-ring (bicyclic) bond motifs is 2. The molecule has 2 aliphatic rings. The Hall–Kier alpha value is -0.130. The van der Waals surface area contributed by atoms with E-state index in [1.165, 1.54) is 34.8 Å². The lowest BCUT2D eigenvalue weighted by atomic mass is 9.98. The molecule has 2 nitrogen and oxygen atoms in total. The van der Waals surface area contributed by atoms with Gasteiger partial charge in [-0.1, -0.05) is 18.2 Å². The molecule has 98 valence electrons. The largest absolute Gasteiger partial charge is 0.311 e. The highest BCUT2D eigenvalue weighted by Gasteiger charge is 2.33. The van der Waals surface area contributed by atoms with Crippen LogP contribution in [0.15, 0.2) is 24.3 Å². The number of piperidine rings is 1. The first kappa shape index (κ1) is 12.9. The predicted molar refractivity (Wildman–Crippen MR) is 83.7 cm³/mol. The monoisotopic (exact) mass is 356 g/mol. The quantitative estimate of drug-likeness (QED) is 0.813. The van der Waals surface area contributed by atoms with Crippen LogP contribution in [0.4, 0.5) is 0 Å². The third kappa shape index (κ3) is 2.73. The number of hydrogen-bond donors (Lipinski definition) is 2. The number of hydrogen-bond acceptors (Lipinski definition) is 2. The molecule has 2 unspecified atom stereocenters. The number of nitrogens with one attached hydrogen (secondary N) is 2. The van der Waals surface area contributed by atoms with Gasteiger partial charge in [-0.15, -0.1) is 0 Å². The van der Waals surface area contributed by atoms with Crippen molar-refractivity contribution < 1.29 is 0 Å². The molecule has 2 N–H and O–H groups in total. The van der Waals surface area contributed by atoms with Crippen LogP contribution in [0, 0.1) is 3.57 Å². The van der Waals surface area contributed by atoms with Crippen molar-refractivity contribution in [2.24, 2.45) is 0 Å². The van der Waals surface area contributed by atoms with E-state index >= 15 is 0 Å². The van der Waals surface area contributed by atoms with Gasteiger partial charge in [0.25, 0.3) is 0 Å². The maximum atomic E-state index is 3.83. The molecule has 0 amide bonds. The van der Waals surface area contributed by atoms with Gasteiger partial charge in [0.15, 0.2) is 0 Å². The Morgan fingerprint density at radius 2 is 1.89 bits per heavy atom. The lowest BCUT2D eigenvalue weighted by molar-refractivity contribution is 0.300. The summed E-state index contributed by atoms with van der Waals surface area (Å²) in [4.78, 5) is 0. The standard InChI is InChI=1S/C15H21IN2/c1-10(14-4-2-3-5-15(14)16)17-13-8-11-6-7-12(9-13)18-11/h2-5,10-13,17-18H,6-9H2,1H3/t10?,11-,12+,13?. The zero-order chi connectivity index (χ0) is 12.5. The average molecular weight is 356 g/mol. The summed E-state index contributed by atoms with van der Waals surface area (Å²) in [5, 5.41) is 7.54. The van der Waals surface area contributed by atoms with Crippen LogP contribution in [0.5, 0.6) is 0 Å². The molecule has 2 saturated heterocycles. The Morgan fingerprint density at radius 1 is 1.22 bits per heavy atom. The van der Waals surface area contributed by atoms with Crippen LogP contribution in [-0.4, -0.2) is 18.1 Å². The van der Waals surface area contributed by atoms with Gasteiger partial charge in [0.1, 0.15) is 0 Å². The van der Waals surface area contributed by atoms with Gasteiger partial charge >= 0.3 is 0 Å². The van der Waals surface area contributed by atoms with Crippen LogP contribution in [0.2, 0.25) is 0 Å². The van der Waals surface area contributed by atoms with E-state index in [0.29, 0.717) is 12.1 Å². The van der Waals surface area contributed by atoms with Crippen molar-refractivity contribution in [3.8, 4) is 0 Å². The number of halogens is 1. The number of benzene rings is 1. The highest BCUT2D eigenvalue weighted by Crippen LogP contribution is 2.29. The molecule has 2 bridgehead atoms. The van der Waals surface area contributed by atoms with E-state index in [4.69, 9.17) is 0 Å². The highest BCUT2D eigenvalue weighted by molar-refractivity contribution is 14.1. The van der Waals surface area contributed by atoms with Crippen LogP contribution in [0.25, 0.3) is 0 Å². The summed E-state index contributed by atoms with van der Waals surface area (Å²) < 4.78 is 1.37. The lowest BCUT2D eigenvalue weighted by Gasteiger charge is -2.32. The molecule has 0 radical (unpaired) electrons. The van der Waals surface area contributed by atoms with Crippen molar-refractivity contribution in [2.45, 2.75) is 56.8 Å². The summed E-state index contributed by atoms with van der Waals surface area (Å²) in [6.45, 7) is 2.29. The SMILES string of the molecule is CC(NC1C[C@H]2CC[C@@H](C1)N2)c1ccccc1I. The van der Waals surface area contributed by atoms with E-state index in [1.54, 1.807) is 0 Å². The summed E-state index contributed by atoms with van der Waals surface area (Å²) in [6.07, 6.45) is 5.34. The first-order valence-corrected chi connectivity index (χ1v) is 8.07. The van der Waals surface area contributed by atoms with Gasteiger partial charge in [-0.3, -0.25) is 0 Å². The third-order valence-corrected chi connectivity index (χ3v) is 5.31. The van der Waals surface area contributed by atoms with Crippen LogP contribution in [0.3, 0.4) is 0 Å². The topological polar surface area (TPSA) is 24.1 Å². The highest BCUT2D eigenvalue weighted by atomic mass is 127. The van der Waals surface area contributed by atoms with E-state index in [-0.39, 0.29) is 0 Å². The second-order valence-electron chi connectivity index (χ2n) is 5.72. The molecule has 2 fully saturated rings. The van der Waals surface area contributed by atoms with Crippen LogP contribution >= 0.6 is 22.6 Å². The molecule has 0 aliphatic carbocycles. The second kappa shape index (κ2) is 5.47. The van der Waals surface area contributed by atoms with E-state index in [0.717, 1.165) is 12.1 Å². The molecule has 1 aromatic rings. The Bertz CT molecular complexity index is 409. The van der Waals surface area contributed by atoms with Crippen molar-refractivity contribution in [1.29, 1.82) is 0 Å². The Kier molecular flexibility index (Phi) is 3.91. The van der Waals surface area contributed by atoms with Gasteiger partial charge in [0.2, 0.25) is 0 Å².